The maximum Gasteiger partial charge on any atom is 0.397 e. The van der Waals surface area contributed by atoms with Gasteiger partial charge in [0.1, 0.15) is 5.01 Å². The molecule has 1 aromatic heterocycles. The first kappa shape index (κ1) is 14.6. The Hall–Kier alpha value is -1.50. The van der Waals surface area contributed by atoms with Crippen LogP contribution < -0.4 is 5.32 Å². The predicted octanol–water partition coefficient (Wildman–Crippen LogP) is 1.94. The molecule has 7 heteroatoms. The van der Waals surface area contributed by atoms with E-state index in [0.717, 1.165) is 17.8 Å². The fourth-order valence-electron chi connectivity index (χ4n) is 1.43. The van der Waals surface area contributed by atoms with Crippen molar-refractivity contribution in [3.63, 3.8) is 0 Å². The highest BCUT2D eigenvalue weighted by Crippen LogP contribution is 2.27. The molecule has 1 heterocycles. The second-order valence-electron chi connectivity index (χ2n) is 3.63. The molecular weight excluding hydrogens is 254 g/mol. The molecule has 1 amide bonds. The van der Waals surface area contributed by atoms with E-state index < -0.39 is 11.9 Å². The van der Waals surface area contributed by atoms with Gasteiger partial charge >= 0.3 is 11.9 Å². The molecule has 100 valence electrons. The molecule has 0 saturated carbocycles. The molecular formula is C11H17N3O3S. The van der Waals surface area contributed by atoms with Crippen LogP contribution in [0.2, 0.25) is 0 Å². The van der Waals surface area contributed by atoms with Gasteiger partial charge in [-0.1, -0.05) is 25.2 Å². The minimum atomic E-state index is -0.906. The topological polar surface area (TPSA) is 81.2 Å². The van der Waals surface area contributed by atoms with E-state index in [0.29, 0.717) is 11.0 Å². The molecule has 1 rings (SSSR count). The van der Waals surface area contributed by atoms with Crippen molar-refractivity contribution in [3.05, 3.63) is 5.01 Å². The molecule has 6 nitrogen and oxygen atoms in total. The highest BCUT2D eigenvalue weighted by molar-refractivity contribution is 7.15. The van der Waals surface area contributed by atoms with Crippen LogP contribution in [0.1, 0.15) is 44.5 Å². The largest absolute Gasteiger partial charge is 0.459 e. The van der Waals surface area contributed by atoms with Crippen molar-refractivity contribution < 1.29 is 14.3 Å². The molecule has 0 atom stereocenters. The summed E-state index contributed by atoms with van der Waals surface area (Å²) in [4.78, 5) is 22.5. The summed E-state index contributed by atoms with van der Waals surface area (Å²) in [5, 5.41) is 11.4. The molecule has 1 N–H and O–H groups in total. The first-order chi connectivity index (χ1) is 8.62. The number of anilines is 1. The van der Waals surface area contributed by atoms with Gasteiger partial charge in [-0.25, -0.2) is 4.79 Å². The Morgan fingerprint density at radius 2 is 1.94 bits per heavy atom. The first-order valence-corrected chi connectivity index (χ1v) is 6.75. The van der Waals surface area contributed by atoms with Crippen LogP contribution in [0.25, 0.3) is 0 Å². The highest BCUT2D eigenvalue weighted by atomic mass is 32.1. The minimum Gasteiger partial charge on any atom is -0.459 e. The van der Waals surface area contributed by atoms with Gasteiger partial charge in [-0.15, -0.1) is 10.2 Å². The van der Waals surface area contributed by atoms with Crippen molar-refractivity contribution in [2.24, 2.45) is 0 Å². The van der Waals surface area contributed by atoms with Crippen molar-refractivity contribution in [2.75, 3.05) is 11.9 Å². The normalized spacial score (nSPS) is 10.4. The van der Waals surface area contributed by atoms with E-state index in [1.807, 2.05) is 0 Å². The summed E-state index contributed by atoms with van der Waals surface area (Å²) in [5.74, 6) is -1.38. The Labute approximate surface area is 110 Å². The van der Waals surface area contributed by atoms with Gasteiger partial charge in [0.15, 0.2) is 0 Å². The van der Waals surface area contributed by atoms with Gasteiger partial charge in [0.05, 0.1) is 6.61 Å². The maximum absolute atomic E-state index is 11.4. The number of ether oxygens (including phenoxy) is 1. The summed E-state index contributed by atoms with van der Waals surface area (Å²) >= 11 is 1.29. The number of amides is 1. The van der Waals surface area contributed by atoms with Crippen LogP contribution >= 0.6 is 11.3 Å². The van der Waals surface area contributed by atoms with E-state index in [9.17, 15) is 9.59 Å². The zero-order valence-corrected chi connectivity index (χ0v) is 11.5. The molecule has 0 aliphatic rings. The quantitative estimate of drug-likeness (QED) is 0.654. The summed E-state index contributed by atoms with van der Waals surface area (Å²) < 4.78 is 4.58. The van der Waals surface area contributed by atoms with Gasteiger partial charge in [0.25, 0.3) is 0 Å². The van der Waals surface area contributed by atoms with E-state index in [-0.39, 0.29) is 6.61 Å². The van der Waals surface area contributed by atoms with Crippen LogP contribution in [-0.2, 0) is 14.3 Å². The van der Waals surface area contributed by atoms with E-state index in [2.05, 4.69) is 34.1 Å². The average molecular weight is 271 g/mol. The maximum atomic E-state index is 11.4. The van der Waals surface area contributed by atoms with Crippen LogP contribution in [0.3, 0.4) is 0 Å². The number of hydrogen-bond acceptors (Lipinski definition) is 6. The fourth-order valence-corrected chi connectivity index (χ4v) is 2.44. The van der Waals surface area contributed by atoms with Crippen molar-refractivity contribution in [2.45, 2.75) is 39.5 Å². The van der Waals surface area contributed by atoms with Gasteiger partial charge in [-0.3, -0.25) is 10.1 Å². The molecule has 1 aromatic rings. The lowest BCUT2D eigenvalue weighted by atomic mass is 10.1. The van der Waals surface area contributed by atoms with Crippen LogP contribution in [0.5, 0.6) is 0 Å². The molecule has 0 saturated heterocycles. The second-order valence-corrected chi connectivity index (χ2v) is 4.64. The Balaban J connectivity index is 2.64. The number of rotatable bonds is 5. The number of nitrogens with zero attached hydrogens (tertiary/aromatic N) is 2. The summed E-state index contributed by atoms with van der Waals surface area (Å²) in [7, 11) is 0. The number of carbonyl (C=O) groups excluding carboxylic acids is 2. The molecule has 0 aromatic carbocycles. The van der Waals surface area contributed by atoms with Gasteiger partial charge < -0.3 is 4.74 Å². The molecule has 0 bridgehead atoms. The third-order valence-electron chi connectivity index (χ3n) is 2.46. The molecule has 0 spiro atoms. The standard InChI is InChI=1S/C11H17N3O3S/c1-4-7(5-2)9-13-14-11(18-9)12-8(15)10(16)17-6-3/h7H,4-6H2,1-3H3,(H,12,14,15). The number of esters is 1. The average Bonchev–Trinajstić information content (AvgIpc) is 2.79. The summed E-state index contributed by atoms with van der Waals surface area (Å²) in [6.45, 7) is 5.96. The Morgan fingerprint density at radius 1 is 1.28 bits per heavy atom. The summed E-state index contributed by atoms with van der Waals surface area (Å²) in [6.07, 6.45) is 1.94. The van der Waals surface area contributed by atoms with Crippen LogP contribution in [-0.4, -0.2) is 28.7 Å². The predicted molar refractivity (Wildman–Crippen MR) is 68.5 cm³/mol. The molecule has 0 unspecified atom stereocenters. The van der Waals surface area contributed by atoms with E-state index in [4.69, 9.17) is 0 Å². The van der Waals surface area contributed by atoms with Gasteiger partial charge in [0.2, 0.25) is 5.13 Å². The highest BCUT2D eigenvalue weighted by Gasteiger charge is 2.18. The molecule has 18 heavy (non-hydrogen) atoms. The zero-order chi connectivity index (χ0) is 13.5. The van der Waals surface area contributed by atoms with E-state index in [1.54, 1.807) is 6.92 Å². The second kappa shape index (κ2) is 7.05. The molecule has 0 aliphatic carbocycles. The van der Waals surface area contributed by atoms with E-state index >= 15 is 0 Å². The minimum absolute atomic E-state index is 0.168. The summed E-state index contributed by atoms with van der Waals surface area (Å²) in [6, 6.07) is 0. The molecule has 0 aliphatic heterocycles. The van der Waals surface area contributed by atoms with Gasteiger partial charge in [-0.05, 0) is 19.8 Å². The SMILES string of the molecule is CCOC(=O)C(=O)Nc1nnc(C(CC)CC)s1. The van der Waals surface area contributed by atoms with Crippen LogP contribution in [0.15, 0.2) is 0 Å². The molecule has 0 fully saturated rings. The lowest BCUT2D eigenvalue weighted by Crippen LogP contribution is -2.24. The lowest BCUT2D eigenvalue weighted by Gasteiger charge is -2.05. The van der Waals surface area contributed by atoms with Crippen molar-refractivity contribution in [3.8, 4) is 0 Å². The number of aromatic nitrogens is 2. The smallest absolute Gasteiger partial charge is 0.397 e. The Kier molecular flexibility index (Phi) is 5.70. The molecule has 0 radical (unpaired) electrons. The number of nitrogens with one attached hydrogen (secondary N) is 1. The fraction of sp³-hybridized carbons (Fsp3) is 0.636. The third kappa shape index (κ3) is 3.76. The van der Waals surface area contributed by atoms with Gasteiger partial charge in [0, 0.05) is 5.92 Å². The number of hydrogen-bond donors (Lipinski definition) is 1. The van der Waals surface area contributed by atoms with Crippen LogP contribution in [0.4, 0.5) is 5.13 Å². The van der Waals surface area contributed by atoms with Gasteiger partial charge in [-0.2, -0.15) is 0 Å². The number of carbonyl (C=O) groups is 2. The van der Waals surface area contributed by atoms with Crippen molar-refractivity contribution >= 4 is 28.3 Å². The Morgan fingerprint density at radius 3 is 2.50 bits per heavy atom. The Bertz CT molecular complexity index is 415. The van der Waals surface area contributed by atoms with Crippen molar-refractivity contribution in [1.29, 1.82) is 0 Å². The monoisotopic (exact) mass is 271 g/mol. The van der Waals surface area contributed by atoms with E-state index in [1.165, 1.54) is 11.3 Å². The lowest BCUT2D eigenvalue weighted by molar-refractivity contribution is -0.152. The third-order valence-corrected chi connectivity index (χ3v) is 3.46. The van der Waals surface area contributed by atoms with Crippen molar-refractivity contribution in [1.82, 2.24) is 10.2 Å². The van der Waals surface area contributed by atoms with Crippen LogP contribution in [0, 0.1) is 0 Å². The summed E-state index contributed by atoms with van der Waals surface area (Å²) in [5.41, 5.74) is 0. The zero-order valence-electron chi connectivity index (χ0n) is 10.7. The first-order valence-electron chi connectivity index (χ1n) is 5.93.